The molecule has 1 fully saturated rings. The summed E-state index contributed by atoms with van der Waals surface area (Å²) in [5.41, 5.74) is 2.39. The largest absolute Gasteiger partial charge is 0.450 e. The van der Waals surface area contributed by atoms with E-state index in [9.17, 15) is 9.59 Å². The molecule has 2 amide bonds. The molecule has 0 aromatic heterocycles. The Balaban J connectivity index is 1.52. The molecule has 29 heavy (non-hydrogen) atoms. The van der Waals surface area contributed by atoms with Crippen LogP contribution in [-0.2, 0) is 9.53 Å². The maximum atomic E-state index is 12.6. The van der Waals surface area contributed by atoms with Crippen LogP contribution in [0.15, 0.2) is 60.7 Å². The van der Waals surface area contributed by atoms with Gasteiger partial charge < -0.3 is 15.0 Å². The average Bonchev–Trinajstić information content (AvgIpc) is 2.76. The number of benzene rings is 2. The normalized spacial score (nSPS) is 14.6. The smallest absolute Gasteiger partial charge is 0.409 e. The average molecular weight is 413 g/mol. The first-order valence-corrected chi connectivity index (χ1v) is 11.1. The van der Waals surface area contributed by atoms with Gasteiger partial charge in [0.25, 0.3) is 0 Å². The Morgan fingerprint density at radius 2 is 1.59 bits per heavy atom. The highest BCUT2D eigenvalue weighted by molar-refractivity contribution is 8.00. The van der Waals surface area contributed by atoms with Gasteiger partial charge in [-0.15, -0.1) is 11.8 Å². The van der Waals surface area contributed by atoms with Crippen LogP contribution < -0.4 is 5.32 Å². The summed E-state index contributed by atoms with van der Waals surface area (Å²) in [6.45, 7) is 3.43. The van der Waals surface area contributed by atoms with Crippen LogP contribution in [0.25, 0.3) is 0 Å². The lowest BCUT2D eigenvalue weighted by molar-refractivity contribution is -0.119. The van der Waals surface area contributed by atoms with Crippen molar-refractivity contribution < 1.29 is 14.3 Å². The molecule has 0 atom stereocenters. The Hall–Kier alpha value is -2.47. The van der Waals surface area contributed by atoms with Crippen LogP contribution >= 0.6 is 11.8 Å². The minimum atomic E-state index is -0.263. The zero-order chi connectivity index (χ0) is 20.5. The number of likely N-dealkylation sites (tertiary alicyclic amines) is 1. The third kappa shape index (κ3) is 6.26. The minimum absolute atomic E-state index is 0.0430. The second kappa shape index (κ2) is 10.9. The van der Waals surface area contributed by atoms with E-state index in [1.54, 1.807) is 23.6 Å². The van der Waals surface area contributed by atoms with Gasteiger partial charge in [-0.1, -0.05) is 60.7 Å². The molecule has 0 bridgehead atoms. The van der Waals surface area contributed by atoms with Crippen LogP contribution in [-0.4, -0.2) is 48.4 Å². The number of carbonyl (C=O) groups excluding carboxylic acids is 2. The molecule has 1 saturated heterocycles. The van der Waals surface area contributed by atoms with Crippen molar-refractivity contribution in [2.75, 3.05) is 25.4 Å². The summed E-state index contributed by atoms with van der Waals surface area (Å²) in [6, 6.07) is 20.7. The van der Waals surface area contributed by atoms with Gasteiger partial charge >= 0.3 is 6.09 Å². The molecule has 1 N–H and O–H groups in total. The lowest BCUT2D eigenvalue weighted by Crippen LogP contribution is -2.47. The fourth-order valence-electron chi connectivity index (χ4n) is 3.49. The summed E-state index contributed by atoms with van der Waals surface area (Å²) in [7, 11) is 0. The number of hydrogen-bond acceptors (Lipinski definition) is 4. The van der Waals surface area contributed by atoms with Crippen molar-refractivity contribution in [2.24, 2.45) is 0 Å². The Labute approximate surface area is 176 Å². The molecule has 2 aromatic rings. The third-order valence-corrected chi connectivity index (χ3v) is 6.28. The van der Waals surface area contributed by atoms with E-state index >= 15 is 0 Å². The highest BCUT2D eigenvalue weighted by atomic mass is 32.2. The first kappa shape index (κ1) is 21.2. The maximum absolute atomic E-state index is 12.6. The number of thioether (sulfide) groups is 1. The fourth-order valence-corrected chi connectivity index (χ4v) is 4.59. The van der Waals surface area contributed by atoms with Gasteiger partial charge in [0.1, 0.15) is 0 Å². The van der Waals surface area contributed by atoms with Gasteiger partial charge in [-0.05, 0) is 30.9 Å². The second-order valence-electron chi connectivity index (χ2n) is 7.04. The molecule has 1 aliphatic heterocycles. The monoisotopic (exact) mass is 412 g/mol. The summed E-state index contributed by atoms with van der Waals surface area (Å²) in [4.78, 5) is 26.1. The first-order valence-electron chi connectivity index (χ1n) is 10.1. The van der Waals surface area contributed by atoms with E-state index in [1.165, 1.54) is 11.1 Å². The molecule has 6 heteroatoms. The van der Waals surface area contributed by atoms with E-state index in [-0.39, 0.29) is 23.3 Å². The van der Waals surface area contributed by atoms with Gasteiger partial charge in [-0.25, -0.2) is 4.79 Å². The van der Waals surface area contributed by atoms with Crippen molar-refractivity contribution in [3.63, 3.8) is 0 Å². The summed E-state index contributed by atoms with van der Waals surface area (Å²) < 4.78 is 5.04. The summed E-state index contributed by atoms with van der Waals surface area (Å²) >= 11 is 1.64. The van der Waals surface area contributed by atoms with E-state index in [0.29, 0.717) is 25.4 Å². The van der Waals surface area contributed by atoms with Gasteiger partial charge in [0, 0.05) is 19.1 Å². The predicted molar refractivity (Wildman–Crippen MR) is 117 cm³/mol. The molecule has 154 valence electrons. The van der Waals surface area contributed by atoms with Crippen molar-refractivity contribution in [3.05, 3.63) is 71.8 Å². The number of piperidine rings is 1. The van der Waals surface area contributed by atoms with Crippen LogP contribution in [0, 0.1) is 0 Å². The number of nitrogens with zero attached hydrogens (tertiary/aromatic N) is 1. The predicted octanol–water partition coefficient (Wildman–Crippen LogP) is 4.25. The van der Waals surface area contributed by atoms with Crippen LogP contribution in [0.1, 0.15) is 36.1 Å². The molecule has 5 nitrogen and oxygen atoms in total. The number of ether oxygens (including phenoxy) is 1. The lowest BCUT2D eigenvalue weighted by atomic mass is 10.0. The Bertz CT molecular complexity index is 738. The van der Waals surface area contributed by atoms with Crippen LogP contribution in [0.3, 0.4) is 0 Å². The van der Waals surface area contributed by atoms with Crippen molar-refractivity contribution in [1.82, 2.24) is 10.2 Å². The molecular weight excluding hydrogens is 384 g/mol. The van der Waals surface area contributed by atoms with Crippen molar-refractivity contribution in [3.8, 4) is 0 Å². The highest BCUT2D eigenvalue weighted by Crippen LogP contribution is 2.35. The van der Waals surface area contributed by atoms with E-state index in [0.717, 1.165) is 12.8 Å². The fraction of sp³-hybridized carbons (Fsp3) is 0.391. The molecule has 3 rings (SSSR count). The van der Waals surface area contributed by atoms with E-state index in [2.05, 4.69) is 29.6 Å². The van der Waals surface area contributed by atoms with Gasteiger partial charge in [-0.2, -0.15) is 0 Å². The Kier molecular flexibility index (Phi) is 7.99. The van der Waals surface area contributed by atoms with E-state index in [1.807, 2.05) is 36.4 Å². The summed E-state index contributed by atoms with van der Waals surface area (Å²) in [5, 5.41) is 3.25. The SMILES string of the molecule is CCOC(=O)N1CCC(NC(=O)CSC(c2ccccc2)c2ccccc2)CC1. The van der Waals surface area contributed by atoms with Crippen molar-refractivity contribution in [2.45, 2.75) is 31.1 Å². The number of amides is 2. The van der Waals surface area contributed by atoms with Gasteiger partial charge in [0.05, 0.1) is 17.6 Å². The summed E-state index contributed by atoms with van der Waals surface area (Å²) in [5.74, 6) is 0.438. The Morgan fingerprint density at radius 1 is 1.03 bits per heavy atom. The second-order valence-corrected chi connectivity index (χ2v) is 8.13. The topological polar surface area (TPSA) is 58.6 Å². The molecule has 0 radical (unpaired) electrons. The first-order chi connectivity index (χ1) is 14.2. The standard InChI is InChI=1S/C23H28N2O3S/c1-2-28-23(27)25-15-13-20(14-16-25)24-21(26)17-29-22(18-9-5-3-6-10-18)19-11-7-4-8-12-19/h3-12,20,22H,2,13-17H2,1H3,(H,24,26). The number of carbonyl (C=O) groups is 2. The van der Waals surface area contributed by atoms with Crippen LogP contribution in [0.5, 0.6) is 0 Å². The molecule has 0 saturated carbocycles. The third-order valence-electron chi connectivity index (χ3n) is 4.97. The number of nitrogens with one attached hydrogen (secondary N) is 1. The highest BCUT2D eigenvalue weighted by Gasteiger charge is 2.25. The molecule has 0 unspecified atom stereocenters. The summed E-state index contributed by atoms with van der Waals surface area (Å²) in [6.07, 6.45) is 1.26. The van der Waals surface area contributed by atoms with Gasteiger partial charge in [-0.3, -0.25) is 4.79 Å². The molecule has 1 aliphatic rings. The Morgan fingerprint density at radius 3 is 2.10 bits per heavy atom. The van der Waals surface area contributed by atoms with Gasteiger partial charge in [0.2, 0.25) is 5.91 Å². The molecule has 2 aromatic carbocycles. The molecule has 0 aliphatic carbocycles. The minimum Gasteiger partial charge on any atom is -0.450 e. The molecular formula is C23H28N2O3S. The van der Waals surface area contributed by atoms with Crippen LogP contribution in [0.4, 0.5) is 4.79 Å². The van der Waals surface area contributed by atoms with E-state index < -0.39 is 0 Å². The zero-order valence-corrected chi connectivity index (χ0v) is 17.6. The van der Waals surface area contributed by atoms with E-state index in [4.69, 9.17) is 4.74 Å². The van der Waals surface area contributed by atoms with Gasteiger partial charge in [0.15, 0.2) is 0 Å². The van der Waals surface area contributed by atoms with Crippen molar-refractivity contribution >= 4 is 23.8 Å². The number of hydrogen-bond donors (Lipinski definition) is 1. The quantitative estimate of drug-likeness (QED) is 0.739. The number of rotatable bonds is 7. The molecule has 0 spiro atoms. The molecule has 1 heterocycles. The maximum Gasteiger partial charge on any atom is 0.409 e. The van der Waals surface area contributed by atoms with Crippen LogP contribution in [0.2, 0.25) is 0 Å². The lowest BCUT2D eigenvalue weighted by Gasteiger charge is -2.31. The zero-order valence-electron chi connectivity index (χ0n) is 16.8. The van der Waals surface area contributed by atoms with Crippen molar-refractivity contribution in [1.29, 1.82) is 0 Å².